The molecule has 0 spiro atoms. The van der Waals surface area contributed by atoms with Gasteiger partial charge in [-0.15, -0.1) is 0 Å². The van der Waals surface area contributed by atoms with Crippen molar-refractivity contribution in [3.63, 3.8) is 0 Å². The molecule has 3 rings (SSSR count). The standard InChI is InChI=1S/C19H14Cl2N2O/c20-17-10-4-8-15(19(17)21)12-22-23-18(24)11-14-7-3-6-13-5-1-2-9-16(13)14/h1-10,12H,11H2,(H,23,24). The number of hydrogen-bond donors (Lipinski definition) is 1. The van der Waals surface area contributed by atoms with Gasteiger partial charge in [0, 0.05) is 5.56 Å². The lowest BCUT2D eigenvalue weighted by Crippen LogP contribution is -2.19. The van der Waals surface area contributed by atoms with Crippen LogP contribution in [0.5, 0.6) is 0 Å². The Bertz CT molecular complexity index is 917. The molecule has 0 radical (unpaired) electrons. The van der Waals surface area contributed by atoms with Crippen LogP contribution in [0.4, 0.5) is 0 Å². The number of benzene rings is 3. The molecule has 24 heavy (non-hydrogen) atoms. The van der Waals surface area contributed by atoms with Gasteiger partial charge in [-0.25, -0.2) is 5.43 Å². The Morgan fingerprint density at radius 1 is 1.00 bits per heavy atom. The molecule has 0 heterocycles. The van der Waals surface area contributed by atoms with E-state index in [1.54, 1.807) is 18.2 Å². The summed E-state index contributed by atoms with van der Waals surface area (Å²) >= 11 is 12.0. The SMILES string of the molecule is O=C(Cc1cccc2ccccc12)NN=Cc1cccc(Cl)c1Cl. The molecule has 0 saturated heterocycles. The second-order valence-electron chi connectivity index (χ2n) is 5.25. The molecule has 0 aromatic heterocycles. The predicted molar refractivity (Wildman–Crippen MR) is 99.9 cm³/mol. The average molecular weight is 357 g/mol. The first-order valence-corrected chi connectivity index (χ1v) is 8.13. The third-order valence-electron chi connectivity index (χ3n) is 3.61. The Hall–Kier alpha value is -2.36. The van der Waals surface area contributed by atoms with E-state index in [2.05, 4.69) is 10.5 Å². The van der Waals surface area contributed by atoms with Crippen LogP contribution in [0.15, 0.2) is 65.8 Å². The maximum atomic E-state index is 12.1. The van der Waals surface area contributed by atoms with Crippen molar-refractivity contribution in [3.8, 4) is 0 Å². The number of carbonyl (C=O) groups excluding carboxylic acids is 1. The molecule has 1 N–H and O–H groups in total. The topological polar surface area (TPSA) is 41.5 Å². The minimum Gasteiger partial charge on any atom is -0.273 e. The van der Waals surface area contributed by atoms with Crippen molar-refractivity contribution in [3.05, 3.63) is 81.8 Å². The van der Waals surface area contributed by atoms with Crippen LogP contribution in [0.3, 0.4) is 0 Å². The smallest absolute Gasteiger partial charge is 0.244 e. The lowest BCUT2D eigenvalue weighted by molar-refractivity contribution is -0.120. The van der Waals surface area contributed by atoms with E-state index in [9.17, 15) is 4.79 Å². The van der Waals surface area contributed by atoms with Gasteiger partial charge in [-0.1, -0.05) is 77.8 Å². The molecule has 1 amide bonds. The zero-order valence-corrected chi connectivity index (χ0v) is 14.2. The Labute approximate surface area is 149 Å². The van der Waals surface area contributed by atoms with Crippen molar-refractivity contribution in [2.45, 2.75) is 6.42 Å². The Morgan fingerprint density at radius 2 is 1.75 bits per heavy atom. The highest BCUT2D eigenvalue weighted by Crippen LogP contribution is 2.24. The number of nitrogens with zero attached hydrogens (tertiary/aromatic N) is 1. The van der Waals surface area contributed by atoms with Gasteiger partial charge in [0.05, 0.1) is 22.7 Å². The van der Waals surface area contributed by atoms with Crippen LogP contribution < -0.4 is 5.43 Å². The molecule has 3 aromatic rings. The molecule has 5 heteroatoms. The van der Waals surface area contributed by atoms with Gasteiger partial charge < -0.3 is 0 Å². The number of amides is 1. The van der Waals surface area contributed by atoms with Crippen molar-refractivity contribution in [1.29, 1.82) is 0 Å². The summed E-state index contributed by atoms with van der Waals surface area (Å²) in [7, 11) is 0. The van der Waals surface area contributed by atoms with E-state index in [0.29, 0.717) is 15.6 Å². The van der Waals surface area contributed by atoms with Gasteiger partial charge in [0.2, 0.25) is 5.91 Å². The highest BCUT2D eigenvalue weighted by molar-refractivity contribution is 6.43. The van der Waals surface area contributed by atoms with Gasteiger partial charge in [-0.3, -0.25) is 4.79 Å². The third kappa shape index (κ3) is 3.75. The number of hydrogen-bond acceptors (Lipinski definition) is 2. The van der Waals surface area contributed by atoms with Crippen LogP contribution >= 0.6 is 23.2 Å². The van der Waals surface area contributed by atoms with Gasteiger partial charge in [0.25, 0.3) is 0 Å². The monoisotopic (exact) mass is 356 g/mol. The summed E-state index contributed by atoms with van der Waals surface area (Å²) in [6.07, 6.45) is 1.73. The largest absolute Gasteiger partial charge is 0.273 e. The van der Waals surface area contributed by atoms with Crippen LogP contribution in [0.2, 0.25) is 10.0 Å². The fraction of sp³-hybridized carbons (Fsp3) is 0.0526. The fourth-order valence-corrected chi connectivity index (χ4v) is 2.81. The lowest BCUT2D eigenvalue weighted by atomic mass is 10.0. The third-order valence-corrected chi connectivity index (χ3v) is 4.44. The molecule has 0 aliphatic heterocycles. The number of hydrazone groups is 1. The van der Waals surface area contributed by atoms with Crippen molar-refractivity contribution < 1.29 is 4.79 Å². The molecule has 0 bridgehead atoms. The summed E-state index contributed by atoms with van der Waals surface area (Å²) in [5, 5.41) is 6.98. The number of rotatable bonds is 4. The lowest BCUT2D eigenvalue weighted by Gasteiger charge is -2.05. The summed E-state index contributed by atoms with van der Waals surface area (Å²) in [6.45, 7) is 0. The first kappa shape index (κ1) is 16.5. The van der Waals surface area contributed by atoms with Gasteiger partial charge >= 0.3 is 0 Å². The fourth-order valence-electron chi connectivity index (χ4n) is 2.45. The molecule has 0 fully saturated rings. The molecule has 3 nitrogen and oxygen atoms in total. The summed E-state index contributed by atoms with van der Waals surface area (Å²) in [5.74, 6) is -0.194. The minimum absolute atomic E-state index is 0.194. The number of carbonyl (C=O) groups is 1. The van der Waals surface area contributed by atoms with Crippen molar-refractivity contribution in [2.24, 2.45) is 5.10 Å². The summed E-state index contributed by atoms with van der Waals surface area (Å²) in [4.78, 5) is 12.1. The van der Waals surface area contributed by atoms with E-state index in [1.807, 2.05) is 42.5 Å². The normalized spacial score (nSPS) is 11.1. The van der Waals surface area contributed by atoms with Gasteiger partial charge in [-0.05, 0) is 22.4 Å². The Kier molecular flexibility index (Phi) is 5.14. The quantitative estimate of drug-likeness (QED) is 0.527. The van der Waals surface area contributed by atoms with Crippen LogP contribution in [0, 0.1) is 0 Å². The van der Waals surface area contributed by atoms with Crippen LogP contribution in [0.25, 0.3) is 10.8 Å². The van der Waals surface area contributed by atoms with E-state index in [4.69, 9.17) is 23.2 Å². The summed E-state index contributed by atoms with van der Waals surface area (Å²) in [5.41, 5.74) is 4.13. The molecule has 3 aromatic carbocycles. The van der Waals surface area contributed by atoms with Crippen molar-refractivity contribution >= 4 is 46.1 Å². The van der Waals surface area contributed by atoms with E-state index in [-0.39, 0.29) is 12.3 Å². The maximum absolute atomic E-state index is 12.1. The number of nitrogens with one attached hydrogen (secondary N) is 1. The molecule has 0 unspecified atom stereocenters. The average Bonchev–Trinajstić information content (AvgIpc) is 2.59. The van der Waals surface area contributed by atoms with Gasteiger partial charge in [0.1, 0.15) is 0 Å². The second-order valence-corrected chi connectivity index (χ2v) is 6.04. The van der Waals surface area contributed by atoms with E-state index < -0.39 is 0 Å². The minimum atomic E-state index is -0.194. The highest BCUT2D eigenvalue weighted by atomic mass is 35.5. The molecular formula is C19H14Cl2N2O. The van der Waals surface area contributed by atoms with E-state index >= 15 is 0 Å². The van der Waals surface area contributed by atoms with E-state index in [1.165, 1.54) is 6.21 Å². The predicted octanol–water partition coefficient (Wildman–Crippen LogP) is 4.84. The molecule has 0 aliphatic carbocycles. The van der Waals surface area contributed by atoms with Crippen LogP contribution in [-0.4, -0.2) is 12.1 Å². The first-order valence-electron chi connectivity index (χ1n) is 7.38. The molecule has 0 saturated carbocycles. The van der Waals surface area contributed by atoms with Crippen molar-refractivity contribution in [2.75, 3.05) is 0 Å². The zero-order chi connectivity index (χ0) is 16.9. The van der Waals surface area contributed by atoms with Gasteiger partial charge in [0.15, 0.2) is 0 Å². The summed E-state index contributed by atoms with van der Waals surface area (Å²) < 4.78 is 0. The Balaban J connectivity index is 1.69. The van der Waals surface area contributed by atoms with Gasteiger partial charge in [-0.2, -0.15) is 5.10 Å². The molecular weight excluding hydrogens is 343 g/mol. The zero-order valence-electron chi connectivity index (χ0n) is 12.7. The van der Waals surface area contributed by atoms with E-state index in [0.717, 1.165) is 16.3 Å². The van der Waals surface area contributed by atoms with Crippen molar-refractivity contribution in [1.82, 2.24) is 5.43 Å². The maximum Gasteiger partial charge on any atom is 0.244 e. The second kappa shape index (κ2) is 7.47. The summed E-state index contributed by atoms with van der Waals surface area (Å²) in [6, 6.07) is 19.1. The number of fused-ring (bicyclic) bond motifs is 1. The van der Waals surface area contributed by atoms with Crippen LogP contribution in [0.1, 0.15) is 11.1 Å². The first-order chi connectivity index (χ1) is 11.6. The molecule has 0 aliphatic rings. The van der Waals surface area contributed by atoms with Crippen LogP contribution in [-0.2, 0) is 11.2 Å². The Morgan fingerprint density at radius 3 is 2.62 bits per heavy atom. The highest BCUT2D eigenvalue weighted by Gasteiger charge is 2.06. The molecule has 120 valence electrons. The number of halogens is 2. The molecule has 0 atom stereocenters.